The third kappa shape index (κ3) is 4.44. The van der Waals surface area contributed by atoms with Crippen molar-refractivity contribution < 1.29 is 35.1 Å². The third-order valence-electron chi connectivity index (χ3n) is 2.65. The Hall–Kier alpha value is -1.09. The zero-order valence-corrected chi connectivity index (χ0v) is 12.2. The summed E-state index contributed by atoms with van der Waals surface area (Å²) in [6.07, 6.45) is 0.210. The molecule has 0 amide bonds. The van der Waals surface area contributed by atoms with Crippen molar-refractivity contribution in [2.75, 3.05) is 12.4 Å². The highest BCUT2D eigenvalue weighted by Crippen LogP contribution is 2.29. The lowest BCUT2D eigenvalue weighted by Crippen LogP contribution is -2.20. The van der Waals surface area contributed by atoms with Gasteiger partial charge in [-0.15, -0.1) is 0 Å². The minimum atomic E-state index is -3.89. The molecule has 1 unspecified atom stereocenters. The lowest BCUT2D eigenvalue weighted by molar-refractivity contribution is 0.224. The first-order valence-electron chi connectivity index (χ1n) is 5.65. The topological polar surface area (TPSA) is 43.4 Å². The Kier molecular flexibility index (Phi) is 5.80. The molecular weight excluding hydrogens is 343 g/mol. The second-order valence-corrected chi connectivity index (χ2v) is 7.01. The van der Waals surface area contributed by atoms with E-state index in [0.717, 1.165) is 0 Å². The number of hydrogen-bond donors (Lipinski definition) is 0. The smallest absolute Gasteiger partial charge is 0.232 e. The SMILES string of the molecule is CCC(COc1c(F)c(F)c(F)c(F)c1F)CS(=O)(=O)Cl. The summed E-state index contributed by atoms with van der Waals surface area (Å²) < 4.78 is 91.6. The van der Waals surface area contributed by atoms with E-state index in [1.807, 2.05) is 0 Å². The molecule has 1 aromatic rings. The van der Waals surface area contributed by atoms with Gasteiger partial charge in [0, 0.05) is 16.6 Å². The Morgan fingerprint density at radius 2 is 1.43 bits per heavy atom. The molecule has 0 aliphatic carbocycles. The van der Waals surface area contributed by atoms with Gasteiger partial charge in [-0.1, -0.05) is 6.92 Å². The summed E-state index contributed by atoms with van der Waals surface area (Å²) in [6.45, 7) is 0.982. The van der Waals surface area contributed by atoms with Crippen LogP contribution in [0.2, 0.25) is 0 Å². The first-order chi connectivity index (χ1) is 9.58. The van der Waals surface area contributed by atoms with Crippen molar-refractivity contribution in [3.8, 4) is 5.75 Å². The van der Waals surface area contributed by atoms with Crippen LogP contribution in [0.25, 0.3) is 0 Å². The van der Waals surface area contributed by atoms with Crippen molar-refractivity contribution in [3.63, 3.8) is 0 Å². The van der Waals surface area contributed by atoms with Crippen LogP contribution < -0.4 is 4.74 Å². The summed E-state index contributed by atoms with van der Waals surface area (Å²) >= 11 is 0. The molecule has 120 valence electrons. The third-order valence-corrected chi connectivity index (χ3v) is 3.89. The van der Waals surface area contributed by atoms with Gasteiger partial charge in [0.1, 0.15) is 0 Å². The fourth-order valence-corrected chi connectivity index (χ4v) is 2.91. The van der Waals surface area contributed by atoms with Crippen molar-refractivity contribution in [1.29, 1.82) is 0 Å². The summed E-state index contributed by atoms with van der Waals surface area (Å²) in [5.41, 5.74) is 0. The predicted octanol–water partition coefficient (Wildman–Crippen LogP) is 3.36. The second-order valence-electron chi connectivity index (χ2n) is 4.19. The molecule has 0 spiro atoms. The van der Waals surface area contributed by atoms with Gasteiger partial charge in [0.05, 0.1) is 12.4 Å². The maximum absolute atomic E-state index is 13.3. The number of benzene rings is 1. The molecule has 1 atom stereocenters. The normalized spacial score (nSPS) is 13.3. The van der Waals surface area contributed by atoms with Crippen LogP contribution in [0.15, 0.2) is 0 Å². The molecule has 21 heavy (non-hydrogen) atoms. The monoisotopic (exact) mass is 352 g/mol. The van der Waals surface area contributed by atoms with Crippen molar-refractivity contribution >= 4 is 19.7 Å². The molecule has 0 saturated carbocycles. The number of rotatable bonds is 6. The van der Waals surface area contributed by atoms with E-state index < -0.39 is 62.2 Å². The highest BCUT2D eigenvalue weighted by Gasteiger charge is 2.28. The summed E-state index contributed by atoms with van der Waals surface area (Å²) in [4.78, 5) is 0. The van der Waals surface area contributed by atoms with Gasteiger partial charge < -0.3 is 4.74 Å². The van der Waals surface area contributed by atoms with Crippen molar-refractivity contribution in [3.05, 3.63) is 29.1 Å². The van der Waals surface area contributed by atoms with E-state index in [4.69, 9.17) is 10.7 Å². The molecule has 0 aliphatic heterocycles. The minimum absolute atomic E-state index is 0.210. The van der Waals surface area contributed by atoms with Gasteiger partial charge in [0.15, 0.2) is 5.75 Å². The van der Waals surface area contributed by atoms with Crippen LogP contribution in [0.3, 0.4) is 0 Å². The van der Waals surface area contributed by atoms with E-state index in [-0.39, 0.29) is 6.42 Å². The average Bonchev–Trinajstić information content (AvgIpc) is 2.40. The summed E-state index contributed by atoms with van der Waals surface area (Å²) in [5.74, 6) is -13.6. The zero-order valence-electron chi connectivity index (χ0n) is 10.6. The number of hydrogen-bond acceptors (Lipinski definition) is 3. The lowest BCUT2D eigenvalue weighted by Gasteiger charge is -2.15. The maximum Gasteiger partial charge on any atom is 0.232 e. The largest absolute Gasteiger partial charge is 0.487 e. The molecule has 0 aliphatic rings. The molecule has 0 fully saturated rings. The Labute approximate surface area is 122 Å². The fourth-order valence-electron chi connectivity index (χ4n) is 1.48. The van der Waals surface area contributed by atoms with Gasteiger partial charge in [-0.3, -0.25) is 0 Å². The highest BCUT2D eigenvalue weighted by atomic mass is 35.7. The average molecular weight is 353 g/mol. The van der Waals surface area contributed by atoms with Crippen molar-refractivity contribution in [2.24, 2.45) is 5.92 Å². The Morgan fingerprint density at radius 3 is 1.81 bits per heavy atom. The van der Waals surface area contributed by atoms with Crippen molar-refractivity contribution in [1.82, 2.24) is 0 Å². The van der Waals surface area contributed by atoms with Crippen LogP contribution in [0.4, 0.5) is 22.0 Å². The van der Waals surface area contributed by atoms with Crippen LogP contribution in [-0.4, -0.2) is 20.8 Å². The Bertz CT molecular complexity index is 606. The standard InChI is InChI=1S/C11H10ClF5O3S/c1-2-5(4-21(12,18)19)3-20-11-9(16)7(14)6(13)8(15)10(11)17/h5H,2-4H2,1H3. The molecule has 0 bridgehead atoms. The number of ether oxygens (including phenoxy) is 1. The molecule has 0 saturated heterocycles. The van der Waals surface area contributed by atoms with Gasteiger partial charge >= 0.3 is 0 Å². The molecule has 10 heteroatoms. The second kappa shape index (κ2) is 6.78. The lowest BCUT2D eigenvalue weighted by atomic mass is 10.1. The minimum Gasteiger partial charge on any atom is -0.487 e. The summed E-state index contributed by atoms with van der Waals surface area (Å²) in [5, 5.41) is 0. The summed E-state index contributed by atoms with van der Waals surface area (Å²) in [6, 6.07) is 0. The molecule has 3 nitrogen and oxygen atoms in total. The maximum atomic E-state index is 13.3. The van der Waals surface area contributed by atoms with Gasteiger partial charge in [-0.05, 0) is 6.42 Å². The van der Waals surface area contributed by atoms with Crippen LogP contribution in [0, 0.1) is 35.0 Å². The molecule has 0 N–H and O–H groups in total. The van der Waals surface area contributed by atoms with Crippen molar-refractivity contribution in [2.45, 2.75) is 13.3 Å². The van der Waals surface area contributed by atoms with E-state index in [1.165, 1.54) is 0 Å². The predicted molar refractivity (Wildman–Crippen MR) is 65.1 cm³/mol. The van der Waals surface area contributed by atoms with Crippen LogP contribution >= 0.6 is 10.7 Å². The van der Waals surface area contributed by atoms with Gasteiger partial charge in [0.2, 0.25) is 38.1 Å². The van der Waals surface area contributed by atoms with E-state index in [9.17, 15) is 30.4 Å². The van der Waals surface area contributed by atoms with Gasteiger partial charge in [-0.25, -0.2) is 21.6 Å². The molecule has 1 rings (SSSR count). The zero-order chi connectivity index (χ0) is 16.4. The van der Waals surface area contributed by atoms with Crippen LogP contribution in [0.1, 0.15) is 13.3 Å². The number of halogens is 6. The molecular formula is C11H10ClF5O3S. The van der Waals surface area contributed by atoms with Gasteiger partial charge in [-0.2, -0.15) is 8.78 Å². The fraction of sp³-hybridized carbons (Fsp3) is 0.455. The first-order valence-corrected chi connectivity index (χ1v) is 8.12. The van der Waals surface area contributed by atoms with E-state index in [1.54, 1.807) is 6.92 Å². The summed E-state index contributed by atoms with van der Waals surface area (Å²) in [7, 11) is 1.13. The van der Waals surface area contributed by atoms with Crippen LogP contribution in [0.5, 0.6) is 5.75 Å². The molecule has 0 heterocycles. The highest BCUT2D eigenvalue weighted by molar-refractivity contribution is 8.13. The van der Waals surface area contributed by atoms with E-state index >= 15 is 0 Å². The van der Waals surface area contributed by atoms with Crippen LogP contribution in [-0.2, 0) is 9.05 Å². The van der Waals surface area contributed by atoms with Gasteiger partial charge in [0.25, 0.3) is 0 Å². The quantitative estimate of drug-likeness (QED) is 0.341. The Balaban J connectivity index is 2.99. The molecule has 0 aromatic heterocycles. The van der Waals surface area contributed by atoms with E-state index in [0.29, 0.717) is 0 Å². The molecule has 1 aromatic carbocycles. The Morgan fingerprint density at radius 1 is 1.00 bits per heavy atom. The van der Waals surface area contributed by atoms with E-state index in [2.05, 4.69) is 4.74 Å². The first kappa shape index (κ1) is 18.0. The molecule has 0 radical (unpaired) electrons.